The monoisotopic (exact) mass is 466 g/mol. The van der Waals surface area contributed by atoms with Gasteiger partial charge in [-0.25, -0.2) is 14.1 Å². The molecule has 0 saturated heterocycles. The van der Waals surface area contributed by atoms with Crippen LogP contribution in [0.15, 0.2) is 57.8 Å². The van der Waals surface area contributed by atoms with E-state index in [1.165, 1.54) is 0 Å². The zero-order valence-corrected chi connectivity index (χ0v) is 21.3. The maximum Gasteiger partial charge on any atom is 0.354 e. The fraction of sp³-hybridized carbons (Fsp3) is 0.346. The maximum absolute atomic E-state index is 13.5. The molecule has 0 saturated carbocycles. The van der Waals surface area contributed by atoms with Crippen molar-refractivity contribution in [3.63, 3.8) is 0 Å². The Bertz CT molecular complexity index is 1290. The van der Waals surface area contributed by atoms with Gasteiger partial charge in [0.25, 0.3) is 0 Å². The lowest BCUT2D eigenvalue weighted by Gasteiger charge is -2.21. The normalized spacial score (nSPS) is 13.3. The second-order valence-corrected chi connectivity index (χ2v) is 11.0. The van der Waals surface area contributed by atoms with Gasteiger partial charge in [-0.2, -0.15) is 0 Å². The van der Waals surface area contributed by atoms with Crippen LogP contribution in [-0.2, 0) is 9.92 Å². The maximum atomic E-state index is 13.5. The molecule has 3 rings (SSSR count). The summed E-state index contributed by atoms with van der Waals surface area (Å²) in [5.41, 5.74) is 4.87. The number of anilines is 2. The van der Waals surface area contributed by atoms with Crippen LogP contribution < -0.4 is 15.4 Å². The van der Waals surface area contributed by atoms with Crippen LogP contribution in [0.25, 0.3) is 10.8 Å². The third kappa shape index (κ3) is 5.20. The van der Waals surface area contributed by atoms with Gasteiger partial charge in [-0.1, -0.05) is 69.7 Å². The van der Waals surface area contributed by atoms with E-state index >= 15 is 0 Å². The molecule has 0 aliphatic heterocycles. The van der Waals surface area contributed by atoms with Gasteiger partial charge >= 0.3 is 6.03 Å². The van der Waals surface area contributed by atoms with Crippen LogP contribution in [0, 0.1) is 6.92 Å². The molecule has 0 spiro atoms. The lowest BCUT2D eigenvalue weighted by molar-refractivity contribution is 0.260. The van der Waals surface area contributed by atoms with Crippen molar-refractivity contribution in [3.05, 3.63) is 65.2 Å². The van der Waals surface area contributed by atoms with Gasteiger partial charge in [0.1, 0.15) is 9.92 Å². The second-order valence-electron chi connectivity index (χ2n) is 9.24. The lowest BCUT2D eigenvalue weighted by Crippen LogP contribution is -2.19. The van der Waals surface area contributed by atoms with Crippen molar-refractivity contribution < 1.29 is 9.00 Å². The first-order valence-electron chi connectivity index (χ1n) is 11.1. The molecule has 7 heteroatoms. The number of hydrogen-bond donors (Lipinski definition) is 2. The quantitative estimate of drug-likeness (QED) is 0.456. The number of carbonyl (C=O) groups is 1. The van der Waals surface area contributed by atoms with Crippen LogP contribution in [0.1, 0.15) is 56.2 Å². The summed E-state index contributed by atoms with van der Waals surface area (Å²) in [7, 11) is 0.409. The Hall–Kier alpha value is -2.90. The van der Waals surface area contributed by atoms with Crippen molar-refractivity contribution >= 4 is 38.1 Å². The minimum Gasteiger partial charge on any atom is -0.377 e. The van der Waals surface area contributed by atoms with Gasteiger partial charge in [-0.05, 0) is 42.0 Å². The third-order valence-corrected chi connectivity index (χ3v) is 7.12. The van der Waals surface area contributed by atoms with E-state index in [4.69, 9.17) is 5.14 Å². The van der Waals surface area contributed by atoms with Gasteiger partial charge in [-0.15, -0.1) is 4.36 Å². The average molecular weight is 467 g/mol. The number of hydrogen-bond acceptors (Lipinski definition) is 3. The number of fused-ring (bicyclic) bond motifs is 1. The Morgan fingerprint density at radius 1 is 0.970 bits per heavy atom. The molecule has 1 atom stereocenters. The van der Waals surface area contributed by atoms with E-state index in [2.05, 4.69) is 49.5 Å². The van der Waals surface area contributed by atoms with Gasteiger partial charge in [0.2, 0.25) is 0 Å². The average Bonchev–Trinajstić information content (AvgIpc) is 2.72. The zero-order chi connectivity index (χ0) is 24.5. The summed E-state index contributed by atoms with van der Waals surface area (Å²) in [6, 6.07) is 14.5. The highest BCUT2D eigenvalue weighted by Gasteiger charge is 2.19. The highest BCUT2D eigenvalue weighted by atomic mass is 32.2. The van der Waals surface area contributed by atoms with Gasteiger partial charge in [0.15, 0.2) is 0 Å². The van der Waals surface area contributed by atoms with Gasteiger partial charge in [-0.3, -0.25) is 0 Å². The smallest absolute Gasteiger partial charge is 0.354 e. The lowest BCUT2D eigenvalue weighted by atomic mass is 9.90. The topological polar surface area (TPSA) is 87.8 Å². The first-order valence-corrected chi connectivity index (χ1v) is 12.7. The van der Waals surface area contributed by atoms with Gasteiger partial charge in [0.05, 0.1) is 4.90 Å². The summed E-state index contributed by atoms with van der Waals surface area (Å²) >= 11 is 0. The van der Waals surface area contributed by atoms with Gasteiger partial charge < -0.3 is 10.2 Å². The van der Waals surface area contributed by atoms with E-state index in [1.807, 2.05) is 50.2 Å². The molecule has 6 nitrogen and oxygen atoms in total. The molecule has 3 aromatic carbocycles. The van der Waals surface area contributed by atoms with Crippen LogP contribution in [0.2, 0.25) is 0 Å². The van der Waals surface area contributed by atoms with E-state index in [0.29, 0.717) is 10.3 Å². The summed E-state index contributed by atoms with van der Waals surface area (Å²) in [6.07, 6.45) is 0. The summed E-state index contributed by atoms with van der Waals surface area (Å²) in [4.78, 5) is 15.3. The number of carbonyl (C=O) groups excluding carboxylic acids is 1. The minimum absolute atomic E-state index is 0.197. The Labute approximate surface area is 197 Å². The largest absolute Gasteiger partial charge is 0.377 e. The van der Waals surface area contributed by atoms with Crippen LogP contribution in [-0.4, -0.2) is 24.3 Å². The SMILES string of the molecule is Cc1cc(C(C)C)c(NC(=O)N=S(N)(=O)c2cccc3c(N(C)C)cccc23)c(C(C)C)c1. The van der Waals surface area contributed by atoms with Crippen molar-refractivity contribution in [3.8, 4) is 0 Å². The van der Waals surface area contributed by atoms with E-state index < -0.39 is 15.9 Å². The fourth-order valence-corrected chi connectivity index (χ4v) is 5.27. The fourth-order valence-electron chi connectivity index (χ4n) is 4.11. The molecule has 33 heavy (non-hydrogen) atoms. The molecule has 0 bridgehead atoms. The summed E-state index contributed by atoms with van der Waals surface area (Å²) in [6.45, 7) is 10.4. The highest BCUT2D eigenvalue weighted by Crippen LogP contribution is 2.34. The van der Waals surface area contributed by atoms with E-state index in [0.717, 1.165) is 33.5 Å². The molecule has 0 aliphatic rings. The first kappa shape index (κ1) is 24.7. The van der Waals surface area contributed by atoms with Crippen LogP contribution in [0.5, 0.6) is 0 Å². The summed E-state index contributed by atoms with van der Waals surface area (Å²) in [5, 5.41) is 10.7. The molecule has 0 heterocycles. The highest BCUT2D eigenvalue weighted by molar-refractivity contribution is 7.92. The Balaban J connectivity index is 2.10. The number of nitrogens with one attached hydrogen (secondary N) is 1. The van der Waals surface area contributed by atoms with Crippen LogP contribution in [0.4, 0.5) is 16.2 Å². The molecule has 1 unspecified atom stereocenters. The van der Waals surface area contributed by atoms with Crippen LogP contribution in [0.3, 0.4) is 0 Å². The number of nitrogens with two attached hydrogens (primary N) is 1. The molecule has 176 valence electrons. The van der Waals surface area contributed by atoms with E-state index in [9.17, 15) is 9.00 Å². The number of nitrogens with zero attached hydrogens (tertiary/aromatic N) is 2. The van der Waals surface area contributed by atoms with E-state index in [1.54, 1.807) is 12.1 Å². The molecule has 0 aromatic heterocycles. The Morgan fingerprint density at radius 2 is 1.52 bits per heavy atom. The number of amides is 2. The predicted octanol–water partition coefficient (Wildman–Crippen LogP) is 6.39. The molecule has 0 radical (unpaired) electrons. The second kappa shape index (κ2) is 9.53. The number of benzene rings is 3. The Morgan fingerprint density at radius 3 is 2.06 bits per heavy atom. The van der Waals surface area contributed by atoms with Crippen molar-refractivity contribution in [2.75, 3.05) is 24.3 Å². The van der Waals surface area contributed by atoms with Gasteiger partial charge in [0, 0.05) is 36.2 Å². The number of urea groups is 1. The molecule has 0 aliphatic carbocycles. The van der Waals surface area contributed by atoms with E-state index in [-0.39, 0.29) is 11.8 Å². The number of aryl methyl sites for hydroxylation is 1. The van der Waals surface area contributed by atoms with Crippen molar-refractivity contribution in [2.24, 2.45) is 9.50 Å². The molecule has 3 aromatic rings. The number of rotatable bonds is 5. The molecular formula is C26H34N4O2S. The summed E-state index contributed by atoms with van der Waals surface area (Å²) in [5.74, 6) is 0.393. The molecule has 3 N–H and O–H groups in total. The molecular weight excluding hydrogens is 432 g/mol. The Kier molecular flexibility index (Phi) is 7.14. The van der Waals surface area contributed by atoms with Crippen LogP contribution >= 0.6 is 0 Å². The predicted molar refractivity (Wildman–Crippen MR) is 140 cm³/mol. The van der Waals surface area contributed by atoms with Crippen molar-refractivity contribution in [2.45, 2.75) is 51.3 Å². The molecule has 2 amide bonds. The van der Waals surface area contributed by atoms with Crippen molar-refractivity contribution in [1.82, 2.24) is 0 Å². The third-order valence-electron chi connectivity index (χ3n) is 5.69. The minimum atomic E-state index is -3.48. The first-order chi connectivity index (χ1) is 15.4. The van der Waals surface area contributed by atoms with Crippen molar-refractivity contribution in [1.29, 1.82) is 0 Å². The standard InChI is InChI=1S/C26H34N4O2S/c1-16(2)21-14-18(5)15-22(17(3)4)25(21)28-26(31)29-33(27,32)24-13-9-10-19-20(24)11-8-12-23(19)30(6)7/h8-17H,1-7H3,(H3,27,28,29,31,32). The summed E-state index contributed by atoms with van der Waals surface area (Å²) < 4.78 is 17.5. The zero-order valence-electron chi connectivity index (χ0n) is 20.5. The molecule has 0 fully saturated rings.